The Morgan fingerprint density at radius 3 is 2.22 bits per heavy atom. The van der Waals surface area contributed by atoms with Crippen LogP contribution in [0.15, 0.2) is 82.6 Å². The summed E-state index contributed by atoms with van der Waals surface area (Å²) in [6.45, 7) is 0.353. The van der Waals surface area contributed by atoms with E-state index in [1.165, 1.54) is 54.8 Å². The number of rotatable bonds is 9. The number of anilines is 1. The number of nitrogens with zero attached hydrogens (tertiary/aromatic N) is 2. The average Bonchev–Trinajstić information content (AvgIpc) is 3.32. The normalized spacial score (nSPS) is 13.5. The predicted molar refractivity (Wildman–Crippen MR) is 136 cm³/mol. The number of hydrogen-bond acceptors (Lipinski definition) is 6. The van der Waals surface area contributed by atoms with Crippen LogP contribution in [-0.4, -0.2) is 54.3 Å². The number of para-hydroxylation sites is 1. The van der Waals surface area contributed by atoms with Gasteiger partial charge in [-0.3, -0.25) is 9.10 Å². The molecule has 3 aromatic rings. The lowest BCUT2D eigenvalue weighted by molar-refractivity contribution is -0.123. The van der Waals surface area contributed by atoms with Gasteiger partial charge in [0, 0.05) is 27.2 Å². The van der Waals surface area contributed by atoms with Crippen molar-refractivity contribution in [1.82, 2.24) is 9.62 Å². The van der Waals surface area contributed by atoms with Crippen LogP contribution < -0.4 is 14.4 Å². The van der Waals surface area contributed by atoms with Crippen molar-refractivity contribution >= 4 is 31.6 Å². The Morgan fingerprint density at radius 2 is 1.56 bits per heavy atom. The summed E-state index contributed by atoms with van der Waals surface area (Å²) < 4.78 is 58.5. The molecule has 9 nitrogen and oxygen atoms in total. The van der Waals surface area contributed by atoms with Crippen molar-refractivity contribution < 1.29 is 26.4 Å². The number of sulfonamides is 2. The van der Waals surface area contributed by atoms with Crippen LogP contribution in [0.5, 0.6) is 5.75 Å². The molecule has 0 aliphatic carbocycles. The highest BCUT2D eigenvalue weighted by Crippen LogP contribution is 2.33. The Kier molecular flexibility index (Phi) is 7.34. The molecule has 4 rings (SSSR count). The molecule has 0 fully saturated rings. The van der Waals surface area contributed by atoms with E-state index >= 15 is 0 Å². The molecule has 3 aromatic carbocycles. The molecule has 0 saturated heterocycles. The number of nitrogens with one attached hydrogen (secondary N) is 1. The third-order valence-corrected chi connectivity index (χ3v) is 9.47. The van der Waals surface area contributed by atoms with Gasteiger partial charge >= 0.3 is 0 Å². The van der Waals surface area contributed by atoms with E-state index in [9.17, 15) is 21.6 Å². The molecule has 0 bridgehead atoms. The molecule has 0 radical (unpaired) electrons. The SMILES string of the molecule is CN(C)S(=O)(=O)c1ccc(CNC(=O)COc2ccc(S(=O)(=O)N3CCc4ccccc43)cc2)cc1. The number of carbonyl (C=O) groups is 1. The summed E-state index contributed by atoms with van der Waals surface area (Å²) in [5, 5.41) is 2.71. The number of ether oxygens (including phenoxy) is 1. The van der Waals surface area contributed by atoms with Crippen molar-refractivity contribution in [2.75, 3.05) is 31.6 Å². The Labute approximate surface area is 211 Å². The third-order valence-electron chi connectivity index (χ3n) is 5.82. The van der Waals surface area contributed by atoms with Crippen molar-refractivity contribution in [1.29, 1.82) is 0 Å². The standard InChI is InChI=1S/C25H27N3O6S2/c1-27(2)35(30,31)22-11-7-19(8-12-22)17-26-25(29)18-34-21-9-13-23(14-10-21)36(32,33)28-16-15-20-5-3-4-6-24(20)28/h3-14H,15-18H2,1-2H3,(H,26,29). The number of hydrogen-bond donors (Lipinski definition) is 1. The Bertz CT molecular complexity index is 1450. The maximum absolute atomic E-state index is 13.1. The van der Waals surface area contributed by atoms with Gasteiger partial charge in [-0.15, -0.1) is 0 Å². The van der Waals surface area contributed by atoms with E-state index in [0.717, 1.165) is 15.4 Å². The van der Waals surface area contributed by atoms with Crippen molar-refractivity contribution in [3.8, 4) is 5.75 Å². The zero-order chi connectivity index (χ0) is 25.9. The largest absolute Gasteiger partial charge is 0.484 e. The zero-order valence-corrected chi connectivity index (χ0v) is 21.6. The summed E-state index contributed by atoms with van der Waals surface area (Å²) in [4.78, 5) is 12.5. The smallest absolute Gasteiger partial charge is 0.264 e. The number of amides is 1. The van der Waals surface area contributed by atoms with Crippen LogP contribution in [0.1, 0.15) is 11.1 Å². The molecular formula is C25H27N3O6S2. The lowest BCUT2D eigenvalue weighted by atomic mass is 10.2. The quantitative estimate of drug-likeness (QED) is 0.456. The van der Waals surface area contributed by atoms with Gasteiger partial charge in [0.2, 0.25) is 10.0 Å². The molecule has 1 heterocycles. The molecule has 0 aromatic heterocycles. The van der Waals surface area contributed by atoms with E-state index in [-0.39, 0.29) is 28.8 Å². The van der Waals surface area contributed by atoms with Crippen molar-refractivity contribution in [2.45, 2.75) is 22.8 Å². The first-order chi connectivity index (χ1) is 17.1. The molecule has 0 atom stereocenters. The molecule has 1 aliphatic heterocycles. The van der Waals surface area contributed by atoms with Crippen LogP contribution in [0.4, 0.5) is 5.69 Å². The van der Waals surface area contributed by atoms with Gasteiger partial charge < -0.3 is 10.1 Å². The molecule has 1 amide bonds. The second kappa shape index (κ2) is 10.3. The topological polar surface area (TPSA) is 113 Å². The highest BCUT2D eigenvalue weighted by Gasteiger charge is 2.30. The summed E-state index contributed by atoms with van der Waals surface area (Å²) in [7, 11) is -4.29. The van der Waals surface area contributed by atoms with Crippen molar-refractivity contribution in [3.05, 3.63) is 83.9 Å². The maximum Gasteiger partial charge on any atom is 0.264 e. The monoisotopic (exact) mass is 529 g/mol. The second-order valence-electron chi connectivity index (χ2n) is 8.42. The van der Waals surface area contributed by atoms with Gasteiger partial charge in [-0.05, 0) is 60.0 Å². The minimum absolute atomic E-state index is 0.149. The Balaban J connectivity index is 1.30. The molecular weight excluding hydrogens is 502 g/mol. The summed E-state index contributed by atoms with van der Waals surface area (Å²) in [5.41, 5.74) is 2.43. The van der Waals surface area contributed by atoms with Crippen molar-refractivity contribution in [3.63, 3.8) is 0 Å². The van der Waals surface area contributed by atoms with Gasteiger partial charge in [-0.25, -0.2) is 21.1 Å². The summed E-state index contributed by atoms with van der Waals surface area (Å²) in [6.07, 6.45) is 0.672. The minimum Gasteiger partial charge on any atom is -0.484 e. The summed E-state index contributed by atoms with van der Waals surface area (Å²) in [6, 6.07) is 19.7. The van der Waals surface area contributed by atoms with Crippen LogP contribution in [0.25, 0.3) is 0 Å². The molecule has 11 heteroatoms. The van der Waals surface area contributed by atoms with Crippen LogP contribution in [0, 0.1) is 0 Å². The Hall–Kier alpha value is -3.41. The van der Waals surface area contributed by atoms with E-state index in [2.05, 4.69) is 5.32 Å². The number of benzene rings is 3. The van der Waals surface area contributed by atoms with Gasteiger partial charge in [0.05, 0.1) is 15.5 Å². The average molecular weight is 530 g/mol. The second-order valence-corrected chi connectivity index (χ2v) is 12.4. The first-order valence-electron chi connectivity index (χ1n) is 11.2. The predicted octanol–water partition coefficient (Wildman–Crippen LogP) is 2.38. The van der Waals surface area contributed by atoms with Crippen LogP contribution in [0.3, 0.4) is 0 Å². The van der Waals surface area contributed by atoms with E-state index in [1.807, 2.05) is 18.2 Å². The van der Waals surface area contributed by atoms with Gasteiger partial charge in [-0.1, -0.05) is 30.3 Å². The highest BCUT2D eigenvalue weighted by molar-refractivity contribution is 7.92. The lowest BCUT2D eigenvalue weighted by Gasteiger charge is -2.19. The van der Waals surface area contributed by atoms with E-state index in [1.54, 1.807) is 18.2 Å². The van der Waals surface area contributed by atoms with E-state index in [0.29, 0.717) is 24.4 Å². The van der Waals surface area contributed by atoms with Crippen molar-refractivity contribution in [2.24, 2.45) is 0 Å². The molecule has 190 valence electrons. The molecule has 0 spiro atoms. The fraction of sp³-hybridized carbons (Fsp3) is 0.240. The molecule has 1 aliphatic rings. The first-order valence-corrected chi connectivity index (χ1v) is 14.1. The molecule has 36 heavy (non-hydrogen) atoms. The van der Waals surface area contributed by atoms with Gasteiger partial charge in [0.15, 0.2) is 6.61 Å². The van der Waals surface area contributed by atoms with Crippen LogP contribution >= 0.6 is 0 Å². The molecule has 0 unspecified atom stereocenters. The lowest BCUT2D eigenvalue weighted by Crippen LogP contribution is -2.29. The summed E-state index contributed by atoms with van der Waals surface area (Å²) >= 11 is 0. The van der Waals surface area contributed by atoms with Crippen LogP contribution in [-0.2, 0) is 37.8 Å². The molecule has 0 saturated carbocycles. The maximum atomic E-state index is 13.1. The Morgan fingerprint density at radius 1 is 0.917 bits per heavy atom. The minimum atomic E-state index is -3.70. The van der Waals surface area contributed by atoms with Gasteiger partial charge in [0.25, 0.3) is 15.9 Å². The first kappa shape index (κ1) is 25.7. The number of fused-ring (bicyclic) bond motifs is 1. The fourth-order valence-electron chi connectivity index (χ4n) is 3.78. The van der Waals surface area contributed by atoms with Gasteiger partial charge in [0.1, 0.15) is 5.75 Å². The van der Waals surface area contributed by atoms with E-state index < -0.39 is 20.0 Å². The zero-order valence-electron chi connectivity index (χ0n) is 19.9. The van der Waals surface area contributed by atoms with Gasteiger partial charge in [-0.2, -0.15) is 0 Å². The third kappa shape index (κ3) is 5.38. The fourth-order valence-corrected chi connectivity index (χ4v) is 6.19. The molecule has 1 N–H and O–H groups in total. The van der Waals surface area contributed by atoms with E-state index in [4.69, 9.17) is 4.74 Å². The van der Waals surface area contributed by atoms with Crippen LogP contribution in [0.2, 0.25) is 0 Å². The highest BCUT2D eigenvalue weighted by atomic mass is 32.2. The summed E-state index contributed by atoms with van der Waals surface area (Å²) in [5.74, 6) is -0.00507. The number of carbonyl (C=O) groups excluding carboxylic acids is 1.